The summed E-state index contributed by atoms with van der Waals surface area (Å²) in [6.45, 7) is 6.52. The third-order valence-electron chi connectivity index (χ3n) is 7.47. The van der Waals surface area contributed by atoms with Crippen molar-refractivity contribution >= 4 is 28.5 Å². The number of nitrogens with one attached hydrogen (secondary N) is 4. The molecule has 3 unspecified atom stereocenters. The number of anilines is 3. The van der Waals surface area contributed by atoms with E-state index < -0.39 is 0 Å². The molecule has 3 aromatic rings. The molecule has 1 aromatic carbocycles. The number of nitrogens with zero attached hydrogens (tertiary/aromatic N) is 4. The van der Waals surface area contributed by atoms with Gasteiger partial charge >= 0.3 is 0 Å². The van der Waals surface area contributed by atoms with Crippen LogP contribution in [0.15, 0.2) is 24.3 Å². The van der Waals surface area contributed by atoms with E-state index in [1.165, 1.54) is 18.4 Å². The zero-order valence-electron chi connectivity index (χ0n) is 21.2. The second-order valence-corrected chi connectivity index (χ2v) is 10.2. The lowest BCUT2D eigenvalue weighted by Gasteiger charge is -2.26. The molecule has 2 aliphatic rings. The monoisotopic (exact) mass is 488 g/mol. The van der Waals surface area contributed by atoms with Gasteiger partial charge in [0.2, 0.25) is 5.95 Å². The lowest BCUT2D eigenvalue weighted by Crippen LogP contribution is -2.34. The molecule has 2 aromatic heterocycles. The molecule has 3 atom stereocenters. The molecule has 9 nitrogen and oxygen atoms in total. The number of aryl methyl sites for hydroxylation is 1. The van der Waals surface area contributed by atoms with E-state index in [1.807, 2.05) is 13.0 Å². The van der Waals surface area contributed by atoms with Crippen molar-refractivity contribution in [1.29, 1.82) is 5.26 Å². The molecule has 0 bridgehead atoms. The topological polar surface area (TPSA) is 124 Å². The van der Waals surface area contributed by atoms with Crippen molar-refractivity contribution in [2.45, 2.75) is 70.4 Å². The number of aromatic amines is 1. The molecular weight excluding hydrogens is 452 g/mol. The standard InChI is InChI=1S/C27H36N8O/c1-3-18-5-7-21(29-10-4-9-28)14-22(12-18)30-27-31-24-13-19(20-15-36-16-20)6-8-23(24)26(33-27)32-25-11-17(2)34-35-25/h6,8,11,13,18,20-22,29H,3-5,7,10,12,14-16H2,1-2H3,(H3,30,31,32,33,34,35). The second-order valence-electron chi connectivity index (χ2n) is 10.2. The van der Waals surface area contributed by atoms with Crippen LogP contribution >= 0.6 is 0 Å². The summed E-state index contributed by atoms with van der Waals surface area (Å²) in [6, 6.07) is 11.3. The van der Waals surface area contributed by atoms with E-state index in [2.05, 4.69) is 57.3 Å². The van der Waals surface area contributed by atoms with E-state index in [0.717, 1.165) is 67.3 Å². The van der Waals surface area contributed by atoms with Crippen molar-refractivity contribution in [1.82, 2.24) is 25.5 Å². The number of fused-ring (bicyclic) bond motifs is 1. The van der Waals surface area contributed by atoms with E-state index in [9.17, 15) is 0 Å². The van der Waals surface area contributed by atoms with Crippen LogP contribution in [0, 0.1) is 24.2 Å². The Morgan fingerprint density at radius 1 is 1.14 bits per heavy atom. The maximum Gasteiger partial charge on any atom is 0.225 e. The Morgan fingerprint density at radius 3 is 2.75 bits per heavy atom. The highest BCUT2D eigenvalue weighted by Gasteiger charge is 2.26. The Morgan fingerprint density at radius 2 is 2.03 bits per heavy atom. The number of ether oxygens (including phenoxy) is 1. The molecule has 1 saturated carbocycles. The van der Waals surface area contributed by atoms with Crippen LogP contribution < -0.4 is 16.0 Å². The maximum atomic E-state index is 8.93. The molecule has 1 saturated heterocycles. The number of H-pyrrole nitrogens is 1. The molecule has 3 heterocycles. The zero-order valence-corrected chi connectivity index (χ0v) is 21.2. The molecule has 5 rings (SSSR count). The van der Waals surface area contributed by atoms with Crippen molar-refractivity contribution in [3.05, 3.63) is 35.5 Å². The van der Waals surface area contributed by atoms with Gasteiger partial charge in [0.25, 0.3) is 0 Å². The summed E-state index contributed by atoms with van der Waals surface area (Å²) >= 11 is 0. The summed E-state index contributed by atoms with van der Waals surface area (Å²) in [5, 5.41) is 27.9. The van der Waals surface area contributed by atoms with Crippen LogP contribution in [0.1, 0.15) is 62.6 Å². The smallest absolute Gasteiger partial charge is 0.225 e. The van der Waals surface area contributed by atoms with Crippen molar-refractivity contribution in [3.8, 4) is 6.07 Å². The van der Waals surface area contributed by atoms with E-state index in [-0.39, 0.29) is 6.04 Å². The minimum Gasteiger partial charge on any atom is -0.380 e. The zero-order chi connectivity index (χ0) is 24.9. The molecule has 9 heteroatoms. The van der Waals surface area contributed by atoms with Gasteiger partial charge in [0.15, 0.2) is 5.82 Å². The van der Waals surface area contributed by atoms with Gasteiger partial charge in [0.1, 0.15) is 5.82 Å². The van der Waals surface area contributed by atoms with Crippen LogP contribution in [0.4, 0.5) is 17.6 Å². The summed E-state index contributed by atoms with van der Waals surface area (Å²) in [7, 11) is 0. The van der Waals surface area contributed by atoms with Crippen LogP contribution in [-0.2, 0) is 4.74 Å². The molecular formula is C27H36N8O. The van der Waals surface area contributed by atoms with Crippen molar-refractivity contribution < 1.29 is 4.74 Å². The molecule has 4 N–H and O–H groups in total. The summed E-state index contributed by atoms with van der Waals surface area (Å²) in [5.74, 6) is 3.21. The quantitative estimate of drug-likeness (QED) is 0.251. The Balaban J connectivity index is 1.43. The van der Waals surface area contributed by atoms with Crippen LogP contribution in [-0.4, -0.2) is 52.0 Å². The highest BCUT2D eigenvalue weighted by molar-refractivity contribution is 5.92. The lowest BCUT2D eigenvalue weighted by molar-refractivity contribution is 0.00847. The predicted molar refractivity (Wildman–Crippen MR) is 141 cm³/mol. The maximum absolute atomic E-state index is 8.93. The first-order valence-electron chi connectivity index (χ1n) is 13.2. The fourth-order valence-corrected chi connectivity index (χ4v) is 5.30. The Kier molecular flexibility index (Phi) is 7.63. The Labute approximate surface area is 212 Å². The molecule has 0 spiro atoms. The van der Waals surface area contributed by atoms with Gasteiger partial charge in [-0.15, -0.1) is 0 Å². The fourth-order valence-electron chi connectivity index (χ4n) is 5.30. The van der Waals surface area contributed by atoms with Crippen LogP contribution in [0.5, 0.6) is 0 Å². The number of hydrogen-bond donors (Lipinski definition) is 4. The van der Waals surface area contributed by atoms with Gasteiger partial charge in [-0.3, -0.25) is 5.10 Å². The number of benzene rings is 1. The first-order chi connectivity index (χ1) is 17.6. The summed E-state index contributed by atoms with van der Waals surface area (Å²) < 4.78 is 5.42. The molecule has 0 radical (unpaired) electrons. The van der Waals surface area contributed by atoms with Crippen LogP contribution in [0.3, 0.4) is 0 Å². The minimum atomic E-state index is 0.262. The summed E-state index contributed by atoms with van der Waals surface area (Å²) in [5.41, 5.74) is 3.15. The van der Waals surface area contributed by atoms with Crippen LogP contribution in [0.2, 0.25) is 0 Å². The van der Waals surface area contributed by atoms with E-state index in [4.69, 9.17) is 20.0 Å². The number of nitriles is 1. The van der Waals surface area contributed by atoms with Gasteiger partial charge in [-0.1, -0.05) is 19.4 Å². The molecule has 190 valence electrons. The molecule has 1 aliphatic carbocycles. The van der Waals surface area contributed by atoms with Gasteiger partial charge in [0, 0.05) is 48.1 Å². The lowest BCUT2D eigenvalue weighted by atomic mass is 9.95. The number of hydrogen-bond acceptors (Lipinski definition) is 8. The SMILES string of the molecule is CCC1CCC(NCCC#N)CC(Nc2nc(Nc3cc(C)[nH]n3)c3ccc(C4COC4)cc3n2)C1. The van der Waals surface area contributed by atoms with E-state index >= 15 is 0 Å². The summed E-state index contributed by atoms with van der Waals surface area (Å²) in [6.07, 6.45) is 6.13. The highest BCUT2D eigenvalue weighted by Crippen LogP contribution is 2.32. The predicted octanol–water partition coefficient (Wildman–Crippen LogP) is 4.77. The molecule has 0 amide bonds. The summed E-state index contributed by atoms with van der Waals surface area (Å²) in [4.78, 5) is 9.88. The van der Waals surface area contributed by atoms with Crippen molar-refractivity contribution in [3.63, 3.8) is 0 Å². The van der Waals surface area contributed by atoms with Gasteiger partial charge in [-0.05, 0) is 56.2 Å². The molecule has 2 fully saturated rings. The third-order valence-corrected chi connectivity index (χ3v) is 7.47. The van der Waals surface area contributed by atoms with Crippen LogP contribution in [0.25, 0.3) is 10.9 Å². The fraction of sp³-hybridized carbons (Fsp3) is 0.556. The Bertz CT molecular complexity index is 1210. The average Bonchev–Trinajstić information content (AvgIpc) is 3.13. The highest BCUT2D eigenvalue weighted by atomic mass is 16.5. The van der Waals surface area contributed by atoms with Gasteiger partial charge in [-0.25, -0.2) is 4.98 Å². The normalized spacial score (nSPS) is 22.5. The van der Waals surface area contributed by atoms with Gasteiger partial charge in [0.05, 0.1) is 24.8 Å². The van der Waals surface area contributed by atoms with Crippen molar-refractivity contribution in [2.75, 3.05) is 30.4 Å². The number of aromatic nitrogens is 4. The first kappa shape index (κ1) is 24.5. The van der Waals surface area contributed by atoms with Gasteiger partial charge < -0.3 is 20.7 Å². The Hall–Kier alpha value is -3.22. The van der Waals surface area contributed by atoms with Crippen molar-refractivity contribution in [2.24, 2.45) is 5.92 Å². The average molecular weight is 489 g/mol. The largest absolute Gasteiger partial charge is 0.380 e. The first-order valence-corrected chi connectivity index (χ1v) is 13.2. The van der Waals surface area contributed by atoms with E-state index in [0.29, 0.717) is 30.2 Å². The van der Waals surface area contributed by atoms with Gasteiger partial charge in [-0.2, -0.15) is 15.3 Å². The molecule has 1 aliphatic heterocycles. The second kappa shape index (κ2) is 11.2. The minimum absolute atomic E-state index is 0.262. The molecule has 36 heavy (non-hydrogen) atoms. The third kappa shape index (κ3) is 5.77. The van der Waals surface area contributed by atoms with E-state index in [1.54, 1.807) is 0 Å². The number of rotatable bonds is 9.